The number of carbonyl (C=O) groups is 1. The van der Waals surface area contributed by atoms with Gasteiger partial charge in [-0.1, -0.05) is 26.2 Å². The molecule has 3 nitrogen and oxygen atoms in total. The molecule has 1 fully saturated rings. The van der Waals surface area contributed by atoms with Crippen LogP contribution in [0.4, 0.5) is 11.4 Å². The number of fused-ring (bicyclic) bond motifs is 1. The minimum absolute atomic E-state index is 0.237. The van der Waals surface area contributed by atoms with E-state index in [-0.39, 0.29) is 5.92 Å². The van der Waals surface area contributed by atoms with E-state index in [9.17, 15) is 4.79 Å². The summed E-state index contributed by atoms with van der Waals surface area (Å²) in [7, 11) is 0. The lowest BCUT2D eigenvalue weighted by Crippen LogP contribution is -2.36. The first-order valence-corrected chi connectivity index (χ1v) is 8.88. The number of nitrogen functional groups attached to an aromatic ring is 1. The van der Waals surface area contributed by atoms with E-state index >= 15 is 0 Å². The van der Waals surface area contributed by atoms with Crippen molar-refractivity contribution in [3.8, 4) is 0 Å². The lowest BCUT2D eigenvalue weighted by molar-refractivity contribution is -0.123. The van der Waals surface area contributed by atoms with Crippen molar-refractivity contribution >= 4 is 17.3 Å². The van der Waals surface area contributed by atoms with Gasteiger partial charge in [0, 0.05) is 23.8 Å². The van der Waals surface area contributed by atoms with Crippen molar-refractivity contribution in [2.24, 2.45) is 11.8 Å². The van der Waals surface area contributed by atoms with Gasteiger partial charge >= 0.3 is 0 Å². The van der Waals surface area contributed by atoms with E-state index in [1.807, 2.05) is 23.1 Å². The molecular weight excluding hydrogens is 272 g/mol. The number of nitrogens with zero attached hydrogens (tertiary/aromatic N) is 1. The molecule has 0 saturated heterocycles. The van der Waals surface area contributed by atoms with Crippen molar-refractivity contribution in [2.45, 2.75) is 58.3 Å². The number of rotatable bonds is 4. The molecule has 1 aromatic rings. The van der Waals surface area contributed by atoms with Crippen LogP contribution < -0.4 is 10.6 Å². The van der Waals surface area contributed by atoms with Crippen LogP contribution in [0.3, 0.4) is 0 Å². The molecule has 0 radical (unpaired) electrons. The summed E-state index contributed by atoms with van der Waals surface area (Å²) in [5, 5.41) is 0. The summed E-state index contributed by atoms with van der Waals surface area (Å²) < 4.78 is 0. The van der Waals surface area contributed by atoms with E-state index in [4.69, 9.17) is 5.73 Å². The van der Waals surface area contributed by atoms with Crippen LogP contribution in [0.25, 0.3) is 0 Å². The predicted octanol–water partition coefficient (Wildman–Crippen LogP) is 4.15. The molecule has 2 aliphatic rings. The Morgan fingerprint density at radius 1 is 1.27 bits per heavy atom. The number of unbranched alkanes of at least 4 members (excludes halogenated alkanes) is 1. The summed E-state index contributed by atoms with van der Waals surface area (Å²) in [6.45, 7) is 3.08. The van der Waals surface area contributed by atoms with Crippen LogP contribution in [0.5, 0.6) is 0 Å². The average Bonchev–Trinajstić information content (AvgIpc) is 2.95. The number of benzene rings is 1. The zero-order chi connectivity index (χ0) is 15.5. The third-order valence-electron chi connectivity index (χ3n) is 5.43. The van der Waals surface area contributed by atoms with Gasteiger partial charge in [0.05, 0.1) is 0 Å². The Labute approximate surface area is 133 Å². The number of nitrogens with two attached hydrogens (primary N) is 1. The lowest BCUT2D eigenvalue weighted by atomic mass is 9.79. The Kier molecular flexibility index (Phi) is 4.70. The molecule has 120 valence electrons. The van der Waals surface area contributed by atoms with E-state index < -0.39 is 0 Å². The predicted molar refractivity (Wildman–Crippen MR) is 91.9 cm³/mol. The van der Waals surface area contributed by atoms with Crippen LogP contribution in [0.2, 0.25) is 0 Å². The Morgan fingerprint density at radius 2 is 2.05 bits per heavy atom. The molecule has 0 aromatic heterocycles. The van der Waals surface area contributed by atoms with Crippen molar-refractivity contribution in [3.63, 3.8) is 0 Å². The smallest absolute Gasteiger partial charge is 0.230 e. The Bertz CT molecular complexity index is 532. The summed E-state index contributed by atoms with van der Waals surface area (Å²) in [6, 6.07) is 5.94. The molecule has 1 amide bonds. The third kappa shape index (κ3) is 3.13. The van der Waals surface area contributed by atoms with Crippen molar-refractivity contribution < 1.29 is 4.79 Å². The molecule has 2 N–H and O–H groups in total. The van der Waals surface area contributed by atoms with E-state index in [0.29, 0.717) is 5.91 Å². The van der Waals surface area contributed by atoms with Gasteiger partial charge in [0.15, 0.2) is 0 Å². The molecule has 0 atom stereocenters. The second-order valence-corrected chi connectivity index (χ2v) is 6.99. The largest absolute Gasteiger partial charge is 0.399 e. The maximum atomic E-state index is 12.9. The van der Waals surface area contributed by atoms with Gasteiger partial charge in [0.25, 0.3) is 0 Å². The molecule has 1 aliphatic heterocycles. The van der Waals surface area contributed by atoms with Crippen molar-refractivity contribution in [1.29, 1.82) is 0 Å². The lowest BCUT2D eigenvalue weighted by Gasteiger charge is -2.30. The molecule has 3 rings (SSSR count). The summed E-state index contributed by atoms with van der Waals surface area (Å²) in [6.07, 6.45) is 9.54. The number of anilines is 2. The molecule has 1 aromatic carbocycles. The Morgan fingerprint density at radius 3 is 2.77 bits per heavy atom. The zero-order valence-electron chi connectivity index (χ0n) is 13.7. The molecule has 0 spiro atoms. The normalized spacial score (nSPS) is 24.3. The van der Waals surface area contributed by atoms with Crippen LogP contribution in [0.1, 0.15) is 57.4 Å². The fraction of sp³-hybridized carbons (Fsp3) is 0.632. The summed E-state index contributed by atoms with van der Waals surface area (Å²) in [5.74, 6) is 1.44. The molecule has 3 heteroatoms. The van der Waals surface area contributed by atoms with E-state index in [1.54, 1.807) is 0 Å². The second-order valence-electron chi connectivity index (χ2n) is 6.99. The molecular formula is C19H28N2O. The summed E-state index contributed by atoms with van der Waals surface area (Å²) >= 11 is 0. The number of hydrogen-bond donors (Lipinski definition) is 1. The van der Waals surface area contributed by atoms with Crippen LogP contribution in [-0.4, -0.2) is 12.5 Å². The topological polar surface area (TPSA) is 46.3 Å². The fourth-order valence-electron chi connectivity index (χ4n) is 4.06. The number of amides is 1. The molecule has 0 unspecified atom stereocenters. The van der Waals surface area contributed by atoms with E-state index in [2.05, 4.69) is 6.92 Å². The first-order valence-electron chi connectivity index (χ1n) is 8.88. The van der Waals surface area contributed by atoms with Crippen molar-refractivity contribution in [3.05, 3.63) is 23.8 Å². The minimum Gasteiger partial charge on any atom is -0.399 e. The SMILES string of the molecule is CCCCC1CCC(C(=O)N2CCc3cc(N)ccc32)CC1. The first kappa shape index (κ1) is 15.4. The van der Waals surface area contributed by atoms with Gasteiger partial charge in [-0.05, 0) is 61.8 Å². The summed E-state index contributed by atoms with van der Waals surface area (Å²) in [4.78, 5) is 14.9. The zero-order valence-corrected chi connectivity index (χ0v) is 13.7. The van der Waals surface area contributed by atoms with E-state index in [0.717, 1.165) is 43.1 Å². The van der Waals surface area contributed by atoms with Crippen molar-refractivity contribution in [1.82, 2.24) is 0 Å². The van der Waals surface area contributed by atoms with Crippen LogP contribution >= 0.6 is 0 Å². The van der Waals surface area contributed by atoms with Crippen LogP contribution in [0, 0.1) is 11.8 Å². The molecule has 22 heavy (non-hydrogen) atoms. The molecule has 0 bridgehead atoms. The van der Waals surface area contributed by atoms with Gasteiger partial charge in [-0.15, -0.1) is 0 Å². The van der Waals surface area contributed by atoms with Gasteiger partial charge in [-0.2, -0.15) is 0 Å². The Hall–Kier alpha value is -1.51. The van der Waals surface area contributed by atoms with Crippen LogP contribution in [-0.2, 0) is 11.2 Å². The highest BCUT2D eigenvalue weighted by Crippen LogP contribution is 2.36. The average molecular weight is 300 g/mol. The maximum absolute atomic E-state index is 12.9. The standard InChI is InChI=1S/C19H28N2O/c1-2-3-4-14-5-7-15(8-6-14)19(22)21-12-11-16-13-17(20)9-10-18(16)21/h9-10,13-15H,2-8,11-12,20H2,1H3. The highest BCUT2D eigenvalue weighted by Gasteiger charge is 2.32. The second kappa shape index (κ2) is 6.72. The van der Waals surface area contributed by atoms with Gasteiger partial charge < -0.3 is 10.6 Å². The van der Waals surface area contributed by atoms with Gasteiger partial charge in [-0.25, -0.2) is 0 Å². The van der Waals surface area contributed by atoms with Gasteiger partial charge in [0.2, 0.25) is 5.91 Å². The third-order valence-corrected chi connectivity index (χ3v) is 5.43. The fourth-order valence-corrected chi connectivity index (χ4v) is 4.06. The number of hydrogen-bond acceptors (Lipinski definition) is 2. The molecule has 1 aliphatic carbocycles. The van der Waals surface area contributed by atoms with E-state index in [1.165, 1.54) is 37.7 Å². The highest BCUT2D eigenvalue weighted by atomic mass is 16.2. The monoisotopic (exact) mass is 300 g/mol. The molecule has 1 heterocycles. The Balaban J connectivity index is 1.60. The summed E-state index contributed by atoms with van der Waals surface area (Å²) in [5.41, 5.74) is 8.96. The van der Waals surface area contributed by atoms with Gasteiger partial charge in [-0.3, -0.25) is 4.79 Å². The quantitative estimate of drug-likeness (QED) is 0.849. The number of carbonyl (C=O) groups excluding carboxylic acids is 1. The minimum atomic E-state index is 0.237. The molecule has 1 saturated carbocycles. The first-order chi connectivity index (χ1) is 10.7. The van der Waals surface area contributed by atoms with Crippen molar-refractivity contribution in [2.75, 3.05) is 17.2 Å². The van der Waals surface area contributed by atoms with Crippen LogP contribution in [0.15, 0.2) is 18.2 Å². The highest BCUT2D eigenvalue weighted by molar-refractivity contribution is 5.97. The van der Waals surface area contributed by atoms with Gasteiger partial charge in [0.1, 0.15) is 0 Å². The maximum Gasteiger partial charge on any atom is 0.230 e.